The third-order valence-electron chi connectivity index (χ3n) is 1.84. The normalized spacial score (nSPS) is 17.2. The number of hydrogen-bond donors (Lipinski definition) is 1. The second-order valence-electron chi connectivity index (χ2n) is 2.91. The van der Waals surface area contributed by atoms with Crippen LogP contribution >= 0.6 is 0 Å². The Morgan fingerprint density at radius 3 is 3.09 bits per heavy atom. The minimum absolute atomic E-state index is 0.633. The van der Waals surface area contributed by atoms with Crippen molar-refractivity contribution >= 4 is 0 Å². The molecule has 1 saturated carbocycles. The molecule has 11 heavy (non-hydrogen) atoms. The summed E-state index contributed by atoms with van der Waals surface area (Å²) in [5.74, 6) is 0.874. The van der Waals surface area contributed by atoms with Gasteiger partial charge in [-0.15, -0.1) is 0 Å². The van der Waals surface area contributed by atoms with Crippen LogP contribution in [0.4, 0.5) is 0 Å². The maximum atomic E-state index is 5.37. The van der Waals surface area contributed by atoms with E-state index in [1.807, 2.05) is 11.0 Å². The highest BCUT2D eigenvalue weighted by atomic mass is 15.4. The molecular formula is C7H12N4. The molecule has 0 aliphatic heterocycles. The van der Waals surface area contributed by atoms with E-state index in [1.165, 1.54) is 12.8 Å². The van der Waals surface area contributed by atoms with Crippen LogP contribution < -0.4 is 5.73 Å². The molecule has 0 radical (unpaired) electrons. The van der Waals surface area contributed by atoms with Crippen molar-refractivity contribution < 1.29 is 0 Å². The van der Waals surface area contributed by atoms with Crippen LogP contribution in [0.3, 0.4) is 0 Å². The molecule has 0 unspecified atom stereocenters. The molecule has 0 spiro atoms. The van der Waals surface area contributed by atoms with Crippen molar-refractivity contribution in [2.45, 2.75) is 25.3 Å². The van der Waals surface area contributed by atoms with E-state index in [-0.39, 0.29) is 0 Å². The average Bonchev–Trinajstić information content (AvgIpc) is 2.75. The largest absolute Gasteiger partial charge is 0.330 e. The van der Waals surface area contributed by atoms with Gasteiger partial charge in [-0.05, 0) is 19.4 Å². The quantitative estimate of drug-likeness (QED) is 0.669. The first-order valence-corrected chi connectivity index (χ1v) is 4.00. The van der Waals surface area contributed by atoms with Crippen LogP contribution in [0.25, 0.3) is 0 Å². The Balaban J connectivity index is 2.06. The molecule has 0 saturated heterocycles. The van der Waals surface area contributed by atoms with E-state index < -0.39 is 0 Å². The van der Waals surface area contributed by atoms with E-state index in [4.69, 9.17) is 5.73 Å². The first-order valence-electron chi connectivity index (χ1n) is 4.00. The molecule has 0 bridgehead atoms. The number of nitrogens with two attached hydrogens (primary N) is 1. The Morgan fingerprint density at radius 1 is 1.64 bits per heavy atom. The van der Waals surface area contributed by atoms with Crippen LogP contribution in [0.2, 0.25) is 0 Å². The summed E-state index contributed by atoms with van der Waals surface area (Å²) in [6.45, 7) is 0.634. The standard InChI is InChI=1S/C7H12N4/c8-4-3-7-9-5-11(10-7)6-1-2-6/h5-6H,1-4,8H2. The Morgan fingerprint density at radius 2 is 2.45 bits per heavy atom. The van der Waals surface area contributed by atoms with Crippen LogP contribution in [-0.2, 0) is 6.42 Å². The lowest BCUT2D eigenvalue weighted by atomic mass is 10.4. The van der Waals surface area contributed by atoms with Gasteiger partial charge in [0.2, 0.25) is 0 Å². The van der Waals surface area contributed by atoms with Crippen LogP contribution in [0.1, 0.15) is 24.7 Å². The van der Waals surface area contributed by atoms with E-state index in [0.717, 1.165) is 12.2 Å². The van der Waals surface area contributed by atoms with E-state index in [2.05, 4.69) is 10.1 Å². The van der Waals surface area contributed by atoms with Crippen molar-refractivity contribution in [2.75, 3.05) is 6.54 Å². The fourth-order valence-corrected chi connectivity index (χ4v) is 1.07. The van der Waals surface area contributed by atoms with Crippen molar-refractivity contribution in [1.29, 1.82) is 0 Å². The molecule has 1 aliphatic carbocycles. The van der Waals surface area contributed by atoms with E-state index in [9.17, 15) is 0 Å². The summed E-state index contributed by atoms with van der Waals surface area (Å²) in [6.07, 6.45) is 5.11. The van der Waals surface area contributed by atoms with Crippen LogP contribution in [0, 0.1) is 0 Å². The van der Waals surface area contributed by atoms with Crippen molar-refractivity contribution in [3.63, 3.8) is 0 Å². The SMILES string of the molecule is NCCc1ncn(C2CC2)n1. The van der Waals surface area contributed by atoms with Gasteiger partial charge in [0, 0.05) is 6.42 Å². The average molecular weight is 152 g/mol. The predicted octanol–water partition coefficient (Wildman–Crippen LogP) is 0.114. The number of rotatable bonds is 3. The van der Waals surface area contributed by atoms with Crippen molar-refractivity contribution in [2.24, 2.45) is 5.73 Å². The molecule has 2 rings (SSSR count). The smallest absolute Gasteiger partial charge is 0.151 e. The van der Waals surface area contributed by atoms with Gasteiger partial charge in [-0.3, -0.25) is 0 Å². The van der Waals surface area contributed by atoms with Crippen molar-refractivity contribution in [3.05, 3.63) is 12.2 Å². The Kier molecular flexibility index (Phi) is 1.62. The summed E-state index contributed by atoms with van der Waals surface area (Å²) >= 11 is 0. The summed E-state index contributed by atoms with van der Waals surface area (Å²) in [5, 5.41) is 4.29. The topological polar surface area (TPSA) is 56.7 Å². The number of aromatic nitrogens is 3. The molecular weight excluding hydrogens is 140 g/mol. The minimum atomic E-state index is 0.633. The summed E-state index contributed by atoms with van der Waals surface area (Å²) in [7, 11) is 0. The van der Waals surface area contributed by atoms with Crippen LogP contribution in [-0.4, -0.2) is 21.3 Å². The molecule has 0 atom stereocenters. The Hall–Kier alpha value is -0.900. The first-order chi connectivity index (χ1) is 5.40. The van der Waals surface area contributed by atoms with Gasteiger partial charge in [-0.25, -0.2) is 9.67 Å². The second kappa shape index (κ2) is 2.62. The zero-order valence-corrected chi connectivity index (χ0v) is 6.40. The first kappa shape index (κ1) is 6.79. The maximum Gasteiger partial charge on any atom is 0.151 e. The van der Waals surface area contributed by atoms with Crippen LogP contribution in [0.5, 0.6) is 0 Å². The predicted molar refractivity (Wildman–Crippen MR) is 41.1 cm³/mol. The molecule has 60 valence electrons. The van der Waals surface area contributed by atoms with Crippen LogP contribution in [0.15, 0.2) is 6.33 Å². The van der Waals surface area contributed by atoms with E-state index >= 15 is 0 Å². The zero-order valence-electron chi connectivity index (χ0n) is 6.40. The molecule has 2 N–H and O–H groups in total. The lowest BCUT2D eigenvalue weighted by molar-refractivity contribution is 0.629. The zero-order chi connectivity index (χ0) is 7.68. The summed E-state index contributed by atoms with van der Waals surface area (Å²) < 4.78 is 1.95. The monoisotopic (exact) mass is 152 g/mol. The summed E-state index contributed by atoms with van der Waals surface area (Å²) in [6, 6.07) is 0.633. The van der Waals surface area contributed by atoms with Gasteiger partial charge in [0.15, 0.2) is 5.82 Å². The molecule has 1 aliphatic rings. The molecule has 0 aromatic carbocycles. The number of hydrogen-bond acceptors (Lipinski definition) is 3. The third-order valence-corrected chi connectivity index (χ3v) is 1.84. The number of nitrogens with zero attached hydrogens (tertiary/aromatic N) is 3. The minimum Gasteiger partial charge on any atom is -0.330 e. The molecule has 1 heterocycles. The third kappa shape index (κ3) is 1.40. The van der Waals surface area contributed by atoms with Gasteiger partial charge in [-0.1, -0.05) is 0 Å². The van der Waals surface area contributed by atoms with Gasteiger partial charge in [-0.2, -0.15) is 5.10 Å². The van der Waals surface area contributed by atoms with Gasteiger partial charge >= 0.3 is 0 Å². The van der Waals surface area contributed by atoms with Crippen molar-refractivity contribution in [3.8, 4) is 0 Å². The maximum absolute atomic E-state index is 5.37. The lowest BCUT2D eigenvalue weighted by Crippen LogP contribution is -2.05. The molecule has 4 nitrogen and oxygen atoms in total. The highest BCUT2D eigenvalue weighted by Crippen LogP contribution is 2.33. The Labute approximate surface area is 65.4 Å². The lowest BCUT2D eigenvalue weighted by Gasteiger charge is -1.92. The van der Waals surface area contributed by atoms with Gasteiger partial charge < -0.3 is 5.73 Å². The molecule has 1 aromatic rings. The summed E-state index contributed by atoms with van der Waals surface area (Å²) in [5.41, 5.74) is 5.37. The van der Waals surface area contributed by atoms with E-state index in [0.29, 0.717) is 12.6 Å². The molecule has 1 fully saturated rings. The molecule has 1 aromatic heterocycles. The molecule has 4 heteroatoms. The fraction of sp³-hybridized carbons (Fsp3) is 0.714. The van der Waals surface area contributed by atoms with E-state index in [1.54, 1.807) is 0 Å². The fourth-order valence-electron chi connectivity index (χ4n) is 1.07. The van der Waals surface area contributed by atoms with Gasteiger partial charge in [0.1, 0.15) is 6.33 Å². The van der Waals surface area contributed by atoms with Gasteiger partial charge in [0.05, 0.1) is 6.04 Å². The molecule has 0 amide bonds. The second-order valence-corrected chi connectivity index (χ2v) is 2.91. The Bertz CT molecular complexity index is 238. The van der Waals surface area contributed by atoms with Crippen molar-refractivity contribution in [1.82, 2.24) is 14.8 Å². The highest BCUT2D eigenvalue weighted by molar-refractivity contribution is 4.87. The van der Waals surface area contributed by atoms with Gasteiger partial charge in [0.25, 0.3) is 0 Å². The summed E-state index contributed by atoms with van der Waals surface area (Å²) in [4.78, 5) is 4.14. The highest BCUT2D eigenvalue weighted by Gasteiger charge is 2.24.